The molecule has 11 heavy (non-hydrogen) atoms. The Kier molecular flexibility index (Phi) is 2.55. The molecule has 0 saturated carbocycles. The van der Waals surface area contributed by atoms with Gasteiger partial charge in [0.2, 0.25) is 0 Å². The largest absolute Gasteiger partial charge is 0.299 e. The summed E-state index contributed by atoms with van der Waals surface area (Å²) >= 11 is 0. The van der Waals surface area contributed by atoms with Crippen LogP contribution in [0, 0.1) is 6.92 Å². The monoisotopic (exact) mass is 147 g/mol. The summed E-state index contributed by atoms with van der Waals surface area (Å²) in [6, 6.07) is 3.83. The van der Waals surface area contributed by atoms with E-state index in [2.05, 4.69) is 4.98 Å². The predicted molar refractivity (Wildman–Crippen MR) is 44.1 cm³/mol. The maximum absolute atomic E-state index is 9.95. The van der Waals surface area contributed by atoms with Gasteiger partial charge in [-0.15, -0.1) is 0 Å². The molecule has 0 aliphatic heterocycles. The molecule has 0 spiro atoms. The van der Waals surface area contributed by atoms with Crippen LogP contribution < -0.4 is 0 Å². The summed E-state index contributed by atoms with van der Waals surface area (Å²) in [6.45, 7) is 1.99. The summed E-state index contributed by atoms with van der Waals surface area (Å²) in [5, 5.41) is 0. The van der Waals surface area contributed by atoms with Gasteiger partial charge in [-0.3, -0.25) is 9.78 Å². The highest BCUT2D eigenvalue weighted by molar-refractivity contribution is 5.72. The van der Waals surface area contributed by atoms with E-state index in [1.54, 1.807) is 12.3 Å². The first-order valence-corrected chi connectivity index (χ1v) is 3.37. The molecule has 0 bridgehead atoms. The molecule has 0 aromatic carbocycles. The van der Waals surface area contributed by atoms with Crippen LogP contribution >= 0.6 is 0 Å². The first kappa shape index (κ1) is 7.66. The second-order valence-corrected chi connectivity index (χ2v) is 2.25. The molecule has 2 nitrogen and oxygen atoms in total. The van der Waals surface area contributed by atoms with Crippen LogP contribution in [0.15, 0.2) is 24.4 Å². The van der Waals surface area contributed by atoms with E-state index in [4.69, 9.17) is 0 Å². The van der Waals surface area contributed by atoms with Crippen molar-refractivity contribution in [2.75, 3.05) is 0 Å². The summed E-state index contributed by atoms with van der Waals surface area (Å²) in [5.41, 5.74) is 1.96. The Morgan fingerprint density at radius 1 is 1.55 bits per heavy atom. The van der Waals surface area contributed by atoms with Crippen LogP contribution in [0.4, 0.5) is 0 Å². The molecule has 0 radical (unpaired) electrons. The fourth-order valence-corrected chi connectivity index (χ4v) is 0.789. The predicted octanol–water partition coefficient (Wildman–Crippen LogP) is 1.60. The van der Waals surface area contributed by atoms with Gasteiger partial charge in [0.1, 0.15) is 6.29 Å². The number of hydrogen-bond acceptors (Lipinski definition) is 2. The van der Waals surface area contributed by atoms with E-state index in [0.717, 1.165) is 17.5 Å². The summed E-state index contributed by atoms with van der Waals surface area (Å²) in [6.07, 6.45) is 5.57. The van der Waals surface area contributed by atoms with Crippen LogP contribution in [0.3, 0.4) is 0 Å². The molecule has 1 heterocycles. The third kappa shape index (κ3) is 2.34. The third-order valence-electron chi connectivity index (χ3n) is 1.28. The normalized spacial score (nSPS) is 10.3. The maximum atomic E-state index is 9.95. The van der Waals surface area contributed by atoms with Gasteiger partial charge in [0.05, 0.1) is 5.69 Å². The van der Waals surface area contributed by atoms with E-state index in [-0.39, 0.29) is 0 Å². The smallest absolute Gasteiger partial charge is 0.142 e. The van der Waals surface area contributed by atoms with E-state index in [1.165, 1.54) is 6.08 Å². The van der Waals surface area contributed by atoms with Crippen molar-refractivity contribution < 1.29 is 4.79 Å². The quantitative estimate of drug-likeness (QED) is 0.469. The molecule has 0 aliphatic carbocycles. The highest BCUT2D eigenvalue weighted by Gasteiger charge is 1.86. The lowest BCUT2D eigenvalue weighted by molar-refractivity contribution is -0.104. The second kappa shape index (κ2) is 3.66. The molecular formula is C9H9NO. The van der Waals surface area contributed by atoms with Gasteiger partial charge in [-0.05, 0) is 36.8 Å². The zero-order valence-electron chi connectivity index (χ0n) is 6.32. The van der Waals surface area contributed by atoms with Crippen molar-refractivity contribution >= 4 is 12.4 Å². The summed E-state index contributed by atoms with van der Waals surface area (Å²) in [4.78, 5) is 14.0. The Morgan fingerprint density at radius 3 is 3.00 bits per heavy atom. The van der Waals surface area contributed by atoms with Gasteiger partial charge < -0.3 is 0 Å². The number of aryl methyl sites for hydroxylation is 1. The zero-order chi connectivity index (χ0) is 8.10. The van der Waals surface area contributed by atoms with Crippen molar-refractivity contribution in [2.45, 2.75) is 6.92 Å². The van der Waals surface area contributed by atoms with Gasteiger partial charge in [0.15, 0.2) is 0 Å². The van der Waals surface area contributed by atoms with Crippen molar-refractivity contribution in [3.8, 4) is 0 Å². The van der Waals surface area contributed by atoms with E-state index >= 15 is 0 Å². The van der Waals surface area contributed by atoms with E-state index in [9.17, 15) is 4.79 Å². The zero-order valence-corrected chi connectivity index (χ0v) is 6.32. The van der Waals surface area contributed by atoms with Crippen LogP contribution in [0.5, 0.6) is 0 Å². The number of hydrogen-bond donors (Lipinski definition) is 0. The lowest BCUT2D eigenvalue weighted by Gasteiger charge is -1.92. The Labute approximate surface area is 65.6 Å². The molecule has 2 heteroatoms. The molecule has 0 saturated heterocycles. The molecule has 0 unspecified atom stereocenters. The molecular weight excluding hydrogens is 138 g/mol. The van der Waals surface area contributed by atoms with Crippen LogP contribution in [0.1, 0.15) is 11.3 Å². The van der Waals surface area contributed by atoms with Gasteiger partial charge in [-0.25, -0.2) is 0 Å². The summed E-state index contributed by atoms with van der Waals surface area (Å²) in [7, 11) is 0. The molecule has 0 aliphatic rings. The molecule has 1 rings (SSSR count). The highest BCUT2D eigenvalue weighted by Crippen LogP contribution is 2.00. The number of rotatable bonds is 2. The van der Waals surface area contributed by atoms with Gasteiger partial charge in [-0.1, -0.05) is 0 Å². The molecule has 0 fully saturated rings. The number of carbonyl (C=O) groups excluding carboxylic acids is 1. The van der Waals surface area contributed by atoms with Gasteiger partial charge in [0, 0.05) is 6.20 Å². The first-order valence-electron chi connectivity index (χ1n) is 3.37. The molecule has 1 aromatic heterocycles. The molecule has 0 atom stereocenters. The third-order valence-corrected chi connectivity index (χ3v) is 1.28. The molecule has 56 valence electrons. The van der Waals surface area contributed by atoms with Crippen LogP contribution in [0.25, 0.3) is 6.08 Å². The van der Waals surface area contributed by atoms with Crippen LogP contribution in [-0.4, -0.2) is 11.3 Å². The lowest BCUT2D eigenvalue weighted by atomic mass is 10.2. The van der Waals surface area contributed by atoms with Gasteiger partial charge in [-0.2, -0.15) is 0 Å². The number of aromatic nitrogens is 1. The Morgan fingerprint density at radius 2 is 2.36 bits per heavy atom. The average Bonchev–Trinajstić information content (AvgIpc) is 2.01. The van der Waals surface area contributed by atoms with Crippen molar-refractivity contribution in [1.82, 2.24) is 4.98 Å². The highest BCUT2D eigenvalue weighted by atomic mass is 16.1. The van der Waals surface area contributed by atoms with Gasteiger partial charge in [0.25, 0.3) is 0 Å². The summed E-state index contributed by atoms with van der Waals surface area (Å²) in [5.74, 6) is 0. The molecule has 1 aromatic rings. The fraction of sp³-hybridized carbons (Fsp3) is 0.111. The number of nitrogens with zero attached hydrogens (tertiary/aromatic N) is 1. The van der Waals surface area contributed by atoms with Crippen molar-refractivity contribution in [1.29, 1.82) is 0 Å². The standard InChI is InChI=1S/C9H9NO/c1-8-4-5-10-9(7-8)3-2-6-11/h2-7H,1H3/b3-2+. The van der Waals surface area contributed by atoms with Crippen LogP contribution in [-0.2, 0) is 4.79 Å². The number of pyridine rings is 1. The maximum Gasteiger partial charge on any atom is 0.142 e. The number of aldehydes is 1. The van der Waals surface area contributed by atoms with E-state index < -0.39 is 0 Å². The van der Waals surface area contributed by atoms with Gasteiger partial charge >= 0.3 is 0 Å². The SMILES string of the molecule is Cc1ccnc(/C=C/C=O)c1. The Hall–Kier alpha value is -1.44. The fourth-order valence-electron chi connectivity index (χ4n) is 0.789. The second-order valence-electron chi connectivity index (χ2n) is 2.25. The minimum absolute atomic E-state index is 0.740. The lowest BCUT2D eigenvalue weighted by Crippen LogP contribution is -1.80. The van der Waals surface area contributed by atoms with Crippen LogP contribution in [0.2, 0.25) is 0 Å². The van der Waals surface area contributed by atoms with E-state index in [0.29, 0.717) is 0 Å². The average molecular weight is 147 g/mol. The topological polar surface area (TPSA) is 30.0 Å². The Bertz CT molecular complexity index is 279. The number of allylic oxidation sites excluding steroid dienone is 1. The molecule has 0 N–H and O–H groups in total. The minimum Gasteiger partial charge on any atom is -0.299 e. The molecule has 0 amide bonds. The minimum atomic E-state index is 0.740. The van der Waals surface area contributed by atoms with E-state index in [1.807, 2.05) is 19.1 Å². The van der Waals surface area contributed by atoms with Crippen molar-refractivity contribution in [3.05, 3.63) is 35.7 Å². The van der Waals surface area contributed by atoms with Crippen molar-refractivity contribution in [2.24, 2.45) is 0 Å². The number of carbonyl (C=O) groups is 1. The summed E-state index contributed by atoms with van der Waals surface area (Å²) < 4.78 is 0. The van der Waals surface area contributed by atoms with Crippen molar-refractivity contribution in [3.63, 3.8) is 0 Å². The Balaban J connectivity index is 2.87. The first-order chi connectivity index (χ1) is 5.33.